The van der Waals surface area contributed by atoms with Crippen LogP contribution in [0.4, 0.5) is 0 Å². The van der Waals surface area contributed by atoms with Crippen LogP contribution in [0.2, 0.25) is 0 Å². The van der Waals surface area contributed by atoms with Gasteiger partial charge >= 0.3 is 111 Å². The number of rotatable bonds is 4. The number of para-hydroxylation sites is 1. The van der Waals surface area contributed by atoms with Crippen LogP contribution in [-0.4, -0.2) is 13.5 Å². The van der Waals surface area contributed by atoms with Gasteiger partial charge in [0.1, 0.15) is 0 Å². The summed E-state index contributed by atoms with van der Waals surface area (Å²) in [6.45, 7) is 0. The Bertz CT molecular complexity index is 527. The number of nitriles is 1. The topological polar surface area (TPSA) is 28.7 Å². The summed E-state index contributed by atoms with van der Waals surface area (Å²) in [5.41, 5.74) is 1.33. The number of benzene rings is 1. The Morgan fingerprint density at radius 3 is 3.00 bits per heavy atom. The predicted molar refractivity (Wildman–Crippen MR) is 64.2 cm³/mol. The van der Waals surface area contributed by atoms with Crippen molar-refractivity contribution < 1.29 is 21.5 Å². The first kappa shape index (κ1) is 11.8. The molecule has 0 saturated heterocycles. The van der Waals surface area contributed by atoms with Crippen LogP contribution in [0.1, 0.15) is 6.42 Å². The van der Waals surface area contributed by atoms with E-state index in [1.54, 1.807) is 11.8 Å². The van der Waals surface area contributed by atoms with Crippen molar-refractivity contribution in [1.82, 2.24) is 2.78 Å². The molecular weight excluding hydrogens is 331 g/mol. The second-order valence-corrected chi connectivity index (χ2v) is 6.39. The first-order valence-corrected chi connectivity index (χ1v) is 9.07. The Morgan fingerprint density at radius 2 is 2.25 bits per heavy atom. The molecule has 0 radical (unpaired) electrons. The van der Waals surface area contributed by atoms with Crippen molar-refractivity contribution in [2.45, 2.75) is 11.3 Å². The third kappa shape index (κ3) is 2.36. The predicted octanol–water partition coefficient (Wildman–Crippen LogP) is 0.129. The van der Waals surface area contributed by atoms with Gasteiger partial charge in [0.05, 0.1) is 0 Å². The van der Waals surface area contributed by atoms with E-state index >= 15 is 0 Å². The van der Waals surface area contributed by atoms with Crippen molar-refractivity contribution in [3.63, 3.8) is 0 Å². The van der Waals surface area contributed by atoms with Crippen LogP contribution in [0.5, 0.6) is 0 Å². The second kappa shape index (κ2) is 5.60. The van der Waals surface area contributed by atoms with Crippen molar-refractivity contribution in [3.8, 4) is 6.07 Å². The van der Waals surface area contributed by atoms with Crippen molar-refractivity contribution >= 4 is 22.7 Å². The molecule has 1 heterocycles. The van der Waals surface area contributed by atoms with Crippen LogP contribution < -0.4 is 21.5 Å². The molecule has 84 valence electrons. The van der Waals surface area contributed by atoms with Gasteiger partial charge in [-0.05, 0) is 0 Å². The molecule has 0 unspecified atom stereocenters. The fourth-order valence-corrected chi connectivity index (χ4v) is 4.18. The van der Waals surface area contributed by atoms with Crippen LogP contribution in [0, 0.1) is 11.3 Å². The van der Waals surface area contributed by atoms with Gasteiger partial charge in [0.2, 0.25) is 0 Å². The Morgan fingerprint density at radius 1 is 1.44 bits per heavy atom. The normalized spacial score (nSPS) is 10.8. The molecule has 16 heavy (non-hydrogen) atoms. The molecule has 1 aromatic heterocycles. The summed E-state index contributed by atoms with van der Waals surface area (Å²) >= 11 is 1.83. The van der Waals surface area contributed by atoms with E-state index in [1.165, 1.54) is 15.8 Å². The minimum absolute atomic E-state index is 0.0466. The SMILES string of the molecule is C[I-]n1cc(SCCC#N)c2ccccc21. The molecular formula is C12H12IN2S-. The van der Waals surface area contributed by atoms with E-state index in [9.17, 15) is 0 Å². The van der Waals surface area contributed by atoms with Gasteiger partial charge in [-0.3, -0.25) is 0 Å². The Balaban J connectivity index is 2.34. The summed E-state index contributed by atoms with van der Waals surface area (Å²) in [7, 11) is 0. The van der Waals surface area contributed by atoms with Gasteiger partial charge in [-0.1, -0.05) is 0 Å². The molecule has 0 aliphatic carbocycles. The van der Waals surface area contributed by atoms with Gasteiger partial charge in [-0.25, -0.2) is 0 Å². The van der Waals surface area contributed by atoms with E-state index in [1.807, 2.05) is 0 Å². The Labute approximate surface area is 110 Å². The zero-order chi connectivity index (χ0) is 11.4. The van der Waals surface area contributed by atoms with Crippen molar-refractivity contribution in [2.24, 2.45) is 0 Å². The van der Waals surface area contributed by atoms with Gasteiger partial charge in [0.25, 0.3) is 0 Å². The zero-order valence-corrected chi connectivity index (χ0v) is 12.0. The van der Waals surface area contributed by atoms with E-state index in [0.29, 0.717) is 6.42 Å². The Kier molecular flexibility index (Phi) is 4.13. The number of fused-ring (bicyclic) bond motifs is 1. The summed E-state index contributed by atoms with van der Waals surface area (Å²) in [6, 6.07) is 10.7. The summed E-state index contributed by atoms with van der Waals surface area (Å²) in [4.78, 5) is 3.57. The summed E-state index contributed by atoms with van der Waals surface area (Å²) in [5, 5.41) is 9.87. The summed E-state index contributed by atoms with van der Waals surface area (Å²) < 4.78 is 2.36. The van der Waals surface area contributed by atoms with Crippen LogP contribution in [0.15, 0.2) is 35.4 Å². The average molecular weight is 343 g/mol. The molecule has 0 aliphatic rings. The third-order valence-corrected chi connectivity index (χ3v) is 5.17. The number of aromatic nitrogens is 1. The van der Waals surface area contributed by atoms with Crippen LogP contribution in [0.25, 0.3) is 10.9 Å². The number of halogens is 1. The van der Waals surface area contributed by atoms with Crippen LogP contribution in [0.3, 0.4) is 0 Å². The number of hydrogen-bond donors (Lipinski definition) is 0. The van der Waals surface area contributed by atoms with Gasteiger partial charge in [-0.15, -0.1) is 0 Å². The van der Waals surface area contributed by atoms with E-state index in [0.717, 1.165) is 5.75 Å². The molecule has 1 aromatic carbocycles. The molecule has 0 aliphatic heterocycles. The number of thioether (sulfide) groups is 1. The molecule has 0 fully saturated rings. The third-order valence-electron chi connectivity index (χ3n) is 2.28. The fraction of sp³-hybridized carbons (Fsp3) is 0.250. The molecule has 2 rings (SSSR count). The number of hydrogen-bond acceptors (Lipinski definition) is 2. The first-order valence-electron chi connectivity index (χ1n) is 4.96. The first-order chi connectivity index (χ1) is 7.86. The zero-order valence-electron chi connectivity index (χ0n) is 8.98. The monoisotopic (exact) mass is 343 g/mol. The van der Waals surface area contributed by atoms with Crippen molar-refractivity contribution in [1.29, 1.82) is 5.26 Å². The molecule has 4 heteroatoms. The molecule has 2 aromatic rings. The molecule has 0 spiro atoms. The van der Waals surface area contributed by atoms with Crippen LogP contribution >= 0.6 is 11.8 Å². The fourth-order valence-electron chi connectivity index (χ4n) is 1.57. The Hall–Kier alpha value is -0.670. The molecule has 0 atom stereocenters. The van der Waals surface area contributed by atoms with Gasteiger partial charge in [0, 0.05) is 0 Å². The van der Waals surface area contributed by atoms with Crippen molar-refractivity contribution in [2.75, 3.05) is 10.7 Å². The minimum atomic E-state index is 0.0466. The van der Waals surface area contributed by atoms with E-state index < -0.39 is 0 Å². The molecule has 0 N–H and O–H groups in total. The summed E-state index contributed by atoms with van der Waals surface area (Å²) in [5.74, 6) is 0.881. The number of alkyl halides is 1. The van der Waals surface area contributed by atoms with E-state index in [4.69, 9.17) is 5.26 Å². The standard InChI is InChI=1S/C12H12IN2S/c1-13-15-9-12(16-8-4-7-14)10-5-2-3-6-11(10)15/h2-3,5-6,9H,4,8H2,1H3/q-1. The molecule has 0 bridgehead atoms. The van der Waals surface area contributed by atoms with Gasteiger partial charge < -0.3 is 0 Å². The van der Waals surface area contributed by atoms with Gasteiger partial charge in [-0.2, -0.15) is 0 Å². The maximum absolute atomic E-state index is 8.55. The van der Waals surface area contributed by atoms with Gasteiger partial charge in [0.15, 0.2) is 0 Å². The summed E-state index contributed by atoms with van der Waals surface area (Å²) in [6.07, 6.45) is 2.85. The quantitative estimate of drug-likeness (QED) is 0.342. The van der Waals surface area contributed by atoms with Crippen molar-refractivity contribution in [3.05, 3.63) is 30.5 Å². The molecule has 0 saturated carbocycles. The maximum atomic E-state index is 8.55. The van der Waals surface area contributed by atoms with E-state index in [-0.39, 0.29) is 21.5 Å². The molecule has 0 amide bonds. The van der Waals surface area contributed by atoms with Crippen LogP contribution in [-0.2, 0) is 0 Å². The number of nitrogens with zero attached hydrogens (tertiary/aromatic N) is 2. The molecule has 2 nitrogen and oxygen atoms in total. The average Bonchev–Trinajstić information content (AvgIpc) is 2.68. The van der Waals surface area contributed by atoms with E-state index in [2.05, 4.69) is 44.2 Å². The second-order valence-electron chi connectivity index (χ2n) is 3.25.